The summed E-state index contributed by atoms with van der Waals surface area (Å²) in [6, 6.07) is 4.80. The molecule has 4 nitrogen and oxygen atoms in total. The summed E-state index contributed by atoms with van der Waals surface area (Å²) < 4.78 is 30.2. The number of methoxy groups -OCH3 is 2. The van der Waals surface area contributed by atoms with Crippen LogP contribution in [-0.2, 0) is 10.8 Å². The Morgan fingerprint density at radius 2 is 1.71 bits per heavy atom. The molecule has 7 heteroatoms. The Kier molecular flexibility index (Phi) is 11.1. The molecule has 1 fully saturated rings. The van der Waals surface area contributed by atoms with Crippen molar-refractivity contribution in [2.45, 2.75) is 83.2 Å². The minimum Gasteiger partial charge on any atom is -0.493 e. The highest BCUT2D eigenvalue weighted by Gasteiger charge is 2.41. The molecule has 1 aromatic carbocycles. The predicted molar refractivity (Wildman–Crippen MR) is 145 cm³/mol. The van der Waals surface area contributed by atoms with Crippen molar-refractivity contribution in [1.29, 1.82) is 0 Å². The topological polar surface area (TPSA) is 30.9 Å². The number of fused-ring (bicyclic) bond motifs is 3. The summed E-state index contributed by atoms with van der Waals surface area (Å²) in [7, 11) is 1.80. The Labute approximate surface area is 212 Å². The molecule has 3 rings (SSSR count). The number of nitrogens with zero attached hydrogens (tertiary/aromatic N) is 1. The zero-order chi connectivity index (χ0) is 24.6. The molecular formula is C27H46FNO3SSi. The van der Waals surface area contributed by atoms with Crippen LogP contribution in [0, 0.1) is 5.92 Å². The maximum atomic E-state index is 12.2. The fourth-order valence-corrected chi connectivity index (χ4v) is 7.50. The second kappa shape index (κ2) is 13.5. The molecule has 0 N–H and O–H groups in total. The van der Waals surface area contributed by atoms with Gasteiger partial charge in [-0.3, -0.25) is 9.29 Å². The van der Waals surface area contributed by atoms with E-state index in [1.165, 1.54) is 49.7 Å². The SMILES string of the molecule is COc1cc2c(cc1OC)[C@H]1C[C@@H](O[Si](C)(C)C)[C@H](CCCCCCCSCC[18F])CN1CC2. The van der Waals surface area contributed by atoms with Gasteiger partial charge in [0.1, 0.15) is 0 Å². The Morgan fingerprint density at radius 3 is 2.41 bits per heavy atom. The predicted octanol–water partition coefficient (Wildman–Crippen LogP) is 6.89. The van der Waals surface area contributed by atoms with Crippen molar-refractivity contribution in [3.8, 4) is 11.5 Å². The van der Waals surface area contributed by atoms with Crippen LogP contribution in [0.25, 0.3) is 0 Å². The summed E-state index contributed by atoms with van der Waals surface area (Å²) in [5, 5.41) is 0. The number of ether oxygens (including phenoxy) is 2. The monoisotopic (exact) mass is 510 g/mol. The van der Waals surface area contributed by atoms with Gasteiger partial charge in [-0.25, -0.2) is 0 Å². The average molecular weight is 511 g/mol. The lowest BCUT2D eigenvalue weighted by Crippen LogP contribution is -2.51. The molecule has 0 amide bonds. The molecule has 1 aromatic rings. The van der Waals surface area contributed by atoms with Crippen molar-refractivity contribution in [2.75, 3.05) is 45.5 Å². The number of thioether (sulfide) groups is 1. The van der Waals surface area contributed by atoms with E-state index in [1.54, 1.807) is 26.0 Å². The lowest BCUT2D eigenvalue weighted by atomic mass is 9.80. The Morgan fingerprint density at radius 1 is 1.00 bits per heavy atom. The quantitative estimate of drug-likeness (QED) is 0.201. The van der Waals surface area contributed by atoms with Crippen molar-refractivity contribution in [3.63, 3.8) is 0 Å². The number of benzene rings is 1. The number of hydrogen-bond acceptors (Lipinski definition) is 5. The van der Waals surface area contributed by atoms with Gasteiger partial charge in [0.15, 0.2) is 19.8 Å². The molecule has 0 unspecified atom stereocenters. The van der Waals surface area contributed by atoms with Gasteiger partial charge in [0.2, 0.25) is 0 Å². The Hall–Kier alpha value is -0.763. The van der Waals surface area contributed by atoms with Crippen molar-refractivity contribution in [2.24, 2.45) is 5.92 Å². The number of alkyl halides is 1. The van der Waals surface area contributed by atoms with Gasteiger partial charge in [-0.2, -0.15) is 11.8 Å². The van der Waals surface area contributed by atoms with Crippen LogP contribution < -0.4 is 9.47 Å². The first-order chi connectivity index (χ1) is 16.4. The van der Waals surface area contributed by atoms with Gasteiger partial charge in [0.25, 0.3) is 0 Å². The summed E-state index contributed by atoms with van der Waals surface area (Å²) in [6.45, 7) is 9.01. The fraction of sp³-hybridized carbons (Fsp3) is 0.778. The number of halogens is 1. The van der Waals surface area contributed by atoms with E-state index in [4.69, 9.17) is 13.9 Å². The van der Waals surface area contributed by atoms with Gasteiger partial charge in [-0.1, -0.05) is 25.7 Å². The van der Waals surface area contributed by atoms with Crippen LogP contribution in [0.1, 0.15) is 62.1 Å². The highest BCUT2D eigenvalue weighted by Crippen LogP contribution is 2.44. The third kappa shape index (κ3) is 7.87. The van der Waals surface area contributed by atoms with Crippen molar-refractivity contribution >= 4 is 20.1 Å². The van der Waals surface area contributed by atoms with E-state index in [0.717, 1.165) is 43.2 Å². The summed E-state index contributed by atoms with van der Waals surface area (Å²) in [5.74, 6) is 4.04. The molecule has 2 aliphatic rings. The van der Waals surface area contributed by atoms with E-state index in [1.807, 2.05) is 0 Å². The number of hydrogen-bond donors (Lipinski definition) is 0. The first-order valence-corrected chi connectivity index (χ1v) is 17.7. The molecule has 2 heterocycles. The third-order valence-corrected chi connectivity index (χ3v) is 9.18. The van der Waals surface area contributed by atoms with Crippen LogP contribution in [0.4, 0.5) is 4.39 Å². The second-order valence-electron chi connectivity index (χ2n) is 10.8. The zero-order valence-electron chi connectivity index (χ0n) is 22.0. The van der Waals surface area contributed by atoms with E-state index in [-0.39, 0.29) is 6.67 Å². The molecule has 1 saturated heterocycles. The molecular weight excluding hydrogens is 464 g/mol. The number of rotatable bonds is 14. The van der Waals surface area contributed by atoms with Crippen LogP contribution >= 0.6 is 11.8 Å². The molecule has 0 bridgehead atoms. The minimum atomic E-state index is -1.64. The Balaban J connectivity index is 1.60. The molecule has 2 aliphatic heterocycles. The van der Waals surface area contributed by atoms with Crippen molar-refractivity contribution < 1.29 is 18.3 Å². The summed E-state index contributed by atoms with van der Waals surface area (Å²) in [4.78, 5) is 2.70. The normalized spacial score (nSPS) is 22.8. The van der Waals surface area contributed by atoms with Gasteiger partial charge in [0, 0.05) is 24.9 Å². The van der Waals surface area contributed by atoms with Gasteiger partial charge < -0.3 is 13.9 Å². The molecule has 0 spiro atoms. The lowest BCUT2D eigenvalue weighted by Gasteiger charge is -2.48. The van der Waals surface area contributed by atoms with E-state index in [2.05, 4.69) is 36.7 Å². The molecule has 0 aromatic heterocycles. The van der Waals surface area contributed by atoms with E-state index in [9.17, 15) is 4.39 Å². The fourth-order valence-electron chi connectivity index (χ4n) is 5.58. The highest BCUT2D eigenvalue weighted by atomic mass is 32.2. The van der Waals surface area contributed by atoms with Gasteiger partial charge in [-0.15, -0.1) is 0 Å². The first-order valence-electron chi connectivity index (χ1n) is 13.2. The first kappa shape index (κ1) is 27.8. The summed E-state index contributed by atoms with van der Waals surface area (Å²) >= 11 is 1.75. The highest BCUT2D eigenvalue weighted by molar-refractivity contribution is 7.99. The molecule has 0 radical (unpaired) electrons. The molecule has 0 saturated carbocycles. The maximum Gasteiger partial charge on any atom is 0.184 e. The van der Waals surface area contributed by atoms with E-state index >= 15 is 0 Å². The molecule has 194 valence electrons. The van der Waals surface area contributed by atoms with Crippen molar-refractivity contribution in [3.05, 3.63) is 23.3 Å². The Bertz CT molecular complexity index is 760. The summed E-state index contributed by atoms with van der Waals surface area (Å²) in [6.07, 6.45) is 10.1. The van der Waals surface area contributed by atoms with E-state index in [0.29, 0.717) is 23.8 Å². The van der Waals surface area contributed by atoms with Crippen LogP contribution in [0.3, 0.4) is 0 Å². The molecule has 34 heavy (non-hydrogen) atoms. The number of piperidine rings is 1. The second-order valence-corrected chi connectivity index (χ2v) is 16.5. The van der Waals surface area contributed by atoms with Gasteiger partial charge >= 0.3 is 0 Å². The third-order valence-electron chi connectivity index (χ3n) is 7.15. The largest absolute Gasteiger partial charge is 0.493 e. The smallest absolute Gasteiger partial charge is 0.184 e. The van der Waals surface area contributed by atoms with Crippen LogP contribution in [-0.4, -0.2) is 64.8 Å². The van der Waals surface area contributed by atoms with Crippen LogP contribution in [0.15, 0.2) is 12.1 Å². The van der Waals surface area contributed by atoms with Crippen molar-refractivity contribution in [1.82, 2.24) is 4.90 Å². The van der Waals surface area contributed by atoms with Gasteiger partial charge in [0.05, 0.1) is 27.0 Å². The van der Waals surface area contributed by atoms with E-state index < -0.39 is 8.32 Å². The average Bonchev–Trinajstić information content (AvgIpc) is 2.81. The maximum absolute atomic E-state index is 12.2. The van der Waals surface area contributed by atoms with Crippen LogP contribution in [0.2, 0.25) is 19.6 Å². The molecule has 0 aliphatic carbocycles. The molecule has 3 atom stereocenters. The summed E-state index contributed by atoms with van der Waals surface area (Å²) in [5.41, 5.74) is 2.80. The minimum absolute atomic E-state index is 0.197. The number of unbranched alkanes of at least 4 members (excludes halogenated alkanes) is 4. The zero-order valence-corrected chi connectivity index (χ0v) is 23.9. The lowest BCUT2D eigenvalue weighted by molar-refractivity contribution is -0.00599. The van der Waals surface area contributed by atoms with Gasteiger partial charge in [-0.05, 0) is 80.3 Å². The standard InChI is InChI=1S/C27H46FNO3SSi/c1-30-26-17-21-12-14-29-20-22(11-9-7-6-8-10-15-33-16-13-28)25(32-34(3,4)5)19-24(29)23(21)18-27(26)31-2/h17-18,22,24-25H,6-16,19-20H2,1-5H3/t22-,24-,25-/m1/s1/i28-1. The van der Waals surface area contributed by atoms with Crippen LogP contribution in [0.5, 0.6) is 11.5 Å².